The number of rotatable bonds is 7. The molecule has 11 heteroatoms. The van der Waals surface area contributed by atoms with E-state index in [0.29, 0.717) is 11.4 Å². The highest BCUT2D eigenvalue weighted by molar-refractivity contribution is 8.00. The Bertz CT molecular complexity index is 1260. The van der Waals surface area contributed by atoms with Crippen molar-refractivity contribution < 1.29 is 23.9 Å². The van der Waals surface area contributed by atoms with E-state index < -0.39 is 11.9 Å². The predicted molar refractivity (Wildman–Crippen MR) is 130 cm³/mol. The highest BCUT2D eigenvalue weighted by Crippen LogP contribution is 2.40. The van der Waals surface area contributed by atoms with Crippen LogP contribution in [0.25, 0.3) is 10.2 Å². The average Bonchev–Trinajstić information content (AvgIpc) is 3.44. The van der Waals surface area contributed by atoms with Crippen LogP contribution in [-0.2, 0) is 27.1 Å². The number of methoxy groups -OCH3 is 1. The van der Waals surface area contributed by atoms with Crippen molar-refractivity contribution in [2.24, 2.45) is 0 Å². The quantitative estimate of drug-likeness (QED) is 0.283. The zero-order chi connectivity index (χ0) is 23.7. The first-order valence-corrected chi connectivity index (χ1v) is 13.1. The van der Waals surface area contributed by atoms with Crippen LogP contribution in [-0.4, -0.2) is 47.3 Å². The van der Waals surface area contributed by atoms with Gasteiger partial charge in [-0.25, -0.2) is 19.6 Å². The summed E-state index contributed by atoms with van der Waals surface area (Å²) in [6.45, 7) is 5.36. The van der Waals surface area contributed by atoms with Crippen LogP contribution in [0.15, 0.2) is 5.03 Å². The van der Waals surface area contributed by atoms with Gasteiger partial charge in [0.15, 0.2) is 0 Å². The zero-order valence-electron chi connectivity index (χ0n) is 18.7. The third-order valence-corrected chi connectivity index (χ3v) is 8.58. The molecule has 1 N–H and O–H groups in total. The molecule has 0 radical (unpaired) electrons. The normalized spacial score (nSPS) is 12.6. The minimum Gasteiger partial charge on any atom is -0.465 e. The third kappa shape index (κ3) is 4.62. The number of hydrogen-bond acceptors (Lipinski definition) is 10. The molecule has 174 valence electrons. The fourth-order valence-electron chi connectivity index (χ4n) is 3.80. The maximum Gasteiger partial charge on any atom is 0.348 e. The van der Waals surface area contributed by atoms with Crippen molar-refractivity contribution in [3.05, 3.63) is 32.3 Å². The monoisotopic (exact) mass is 505 g/mol. The summed E-state index contributed by atoms with van der Waals surface area (Å²) in [5, 5.41) is 4.91. The molecule has 0 aromatic carbocycles. The molecule has 1 aliphatic carbocycles. The van der Waals surface area contributed by atoms with Crippen molar-refractivity contribution in [1.29, 1.82) is 0 Å². The van der Waals surface area contributed by atoms with E-state index in [-0.39, 0.29) is 33.7 Å². The maximum absolute atomic E-state index is 12.8. The molecular formula is C22H23N3O5S3. The summed E-state index contributed by atoms with van der Waals surface area (Å²) < 4.78 is 9.93. The summed E-state index contributed by atoms with van der Waals surface area (Å²) in [5.41, 5.74) is 1.91. The molecule has 0 bridgehead atoms. The van der Waals surface area contributed by atoms with E-state index in [0.717, 1.165) is 45.8 Å². The summed E-state index contributed by atoms with van der Waals surface area (Å²) in [6.07, 6.45) is 3.21. The van der Waals surface area contributed by atoms with Gasteiger partial charge in [0.25, 0.3) is 0 Å². The number of thioether (sulfide) groups is 1. The van der Waals surface area contributed by atoms with Crippen molar-refractivity contribution in [2.75, 3.05) is 24.8 Å². The molecule has 0 unspecified atom stereocenters. The molecule has 1 amide bonds. The SMILES string of the molecule is CCOC(=O)c1c(NC(=O)CSc2nc(C)nc3sc4c(c23)CCC4)sc(C(=O)OC)c1C. The predicted octanol–water partition coefficient (Wildman–Crippen LogP) is 4.55. The maximum atomic E-state index is 12.8. The van der Waals surface area contributed by atoms with Crippen LogP contribution in [0, 0.1) is 13.8 Å². The lowest BCUT2D eigenvalue weighted by molar-refractivity contribution is -0.113. The van der Waals surface area contributed by atoms with E-state index in [2.05, 4.69) is 15.3 Å². The van der Waals surface area contributed by atoms with Crippen LogP contribution < -0.4 is 5.32 Å². The Labute approximate surface area is 203 Å². The molecule has 0 saturated carbocycles. The highest BCUT2D eigenvalue weighted by Gasteiger charge is 2.27. The Morgan fingerprint density at radius 3 is 2.64 bits per heavy atom. The molecule has 0 aliphatic heterocycles. The molecule has 33 heavy (non-hydrogen) atoms. The Balaban J connectivity index is 1.56. The standard InChI is InChI=1S/C22H23N3O5S3/c1-5-30-21(27)15-10(2)17(22(28)29-4)33-19(15)25-14(26)9-31-18-16-12-7-6-8-13(12)32-20(16)24-11(3)23-18/h5-9H2,1-4H3,(H,25,26). The summed E-state index contributed by atoms with van der Waals surface area (Å²) in [7, 11) is 1.27. The number of aryl methyl sites for hydroxylation is 3. The van der Waals surface area contributed by atoms with Crippen molar-refractivity contribution in [3.8, 4) is 0 Å². The number of fused-ring (bicyclic) bond motifs is 3. The number of carbonyl (C=O) groups is 3. The fourth-order valence-corrected chi connectivity index (χ4v) is 7.20. The minimum absolute atomic E-state index is 0.100. The van der Waals surface area contributed by atoms with Crippen LogP contribution >= 0.6 is 34.4 Å². The topological polar surface area (TPSA) is 107 Å². The van der Waals surface area contributed by atoms with Crippen LogP contribution in [0.4, 0.5) is 5.00 Å². The van der Waals surface area contributed by atoms with Crippen molar-refractivity contribution in [3.63, 3.8) is 0 Å². The van der Waals surface area contributed by atoms with Gasteiger partial charge in [0, 0.05) is 10.3 Å². The lowest BCUT2D eigenvalue weighted by Gasteiger charge is -2.08. The van der Waals surface area contributed by atoms with Crippen LogP contribution in [0.5, 0.6) is 0 Å². The number of amides is 1. The first-order valence-electron chi connectivity index (χ1n) is 10.4. The number of esters is 2. The molecule has 0 fully saturated rings. The Morgan fingerprint density at radius 1 is 1.12 bits per heavy atom. The van der Waals surface area contributed by atoms with E-state index in [9.17, 15) is 14.4 Å². The van der Waals surface area contributed by atoms with Crippen molar-refractivity contribution in [2.45, 2.75) is 45.1 Å². The lowest BCUT2D eigenvalue weighted by Crippen LogP contribution is -2.16. The molecule has 1 aliphatic rings. The zero-order valence-corrected chi connectivity index (χ0v) is 21.1. The molecule has 0 atom stereocenters. The fraction of sp³-hybridized carbons (Fsp3) is 0.409. The smallest absolute Gasteiger partial charge is 0.348 e. The first kappa shape index (κ1) is 23.7. The van der Waals surface area contributed by atoms with E-state index in [4.69, 9.17) is 9.47 Å². The number of nitrogens with zero attached hydrogens (tertiary/aromatic N) is 2. The Hall–Kier alpha value is -2.50. The second kappa shape index (κ2) is 9.78. The third-order valence-electron chi connectivity index (χ3n) is 5.23. The number of thiophene rings is 2. The minimum atomic E-state index is -0.591. The number of carbonyl (C=O) groups excluding carboxylic acids is 3. The summed E-state index contributed by atoms with van der Waals surface area (Å²) in [4.78, 5) is 49.2. The van der Waals surface area contributed by atoms with Gasteiger partial charge in [0.05, 0.1) is 25.0 Å². The van der Waals surface area contributed by atoms with E-state index >= 15 is 0 Å². The molecule has 3 aromatic rings. The molecule has 3 heterocycles. The van der Waals surface area contributed by atoms with Gasteiger partial charge in [-0.3, -0.25) is 4.79 Å². The van der Waals surface area contributed by atoms with Gasteiger partial charge in [-0.1, -0.05) is 11.8 Å². The van der Waals surface area contributed by atoms with Gasteiger partial charge in [-0.15, -0.1) is 22.7 Å². The van der Waals surface area contributed by atoms with E-state index in [1.165, 1.54) is 29.3 Å². The van der Waals surface area contributed by atoms with Crippen molar-refractivity contribution >= 4 is 67.5 Å². The lowest BCUT2D eigenvalue weighted by atomic mass is 10.1. The Kier molecular flexibility index (Phi) is 7.01. The molecule has 8 nitrogen and oxygen atoms in total. The number of ether oxygens (including phenoxy) is 2. The second-order valence-electron chi connectivity index (χ2n) is 7.42. The number of nitrogens with one attached hydrogen (secondary N) is 1. The summed E-state index contributed by atoms with van der Waals surface area (Å²) >= 11 is 4.07. The van der Waals surface area contributed by atoms with E-state index in [1.54, 1.807) is 25.2 Å². The summed E-state index contributed by atoms with van der Waals surface area (Å²) in [5.74, 6) is -0.691. The van der Waals surface area contributed by atoms with Gasteiger partial charge >= 0.3 is 11.9 Å². The van der Waals surface area contributed by atoms with Crippen LogP contribution in [0.3, 0.4) is 0 Å². The second-order valence-corrected chi connectivity index (χ2v) is 10.5. The number of anilines is 1. The van der Waals surface area contributed by atoms with Crippen LogP contribution in [0.2, 0.25) is 0 Å². The van der Waals surface area contributed by atoms with Crippen molar-refractivity contribution in [1.82, 2.24) is 9.97 Å². The largest absolute Gasteiger partial charge is 0.465 e. The molecule has 3 aromatic heterocycles. The van der Waals surface area contributed by atoms with Gasteiger partial charge in [0.1, 0.15) is 25.6 Å². The molecule has 0 spiro atoms. The average molecular weight is 506 g/mol. The molecule has 0 saturated heterocycles. The van der Waals surface area contributed by atoms with E-state index in [1.807, 2.05) is 6.92 Å². The van der Waals surface area contributed by atoms with Gasteiger partial charge in [-0.05, 0) is 51.2 Å². The Morgan fingerprint density at radius 2 is 1.91 bits per heavy atom. The number of hydrogen-bond donors (Lipinski definition) is 1. The van der Waals surface area contributed by atoms with Gasteiger partial charge in [0.2, 0.25) is 5.91 Å². The summed E-state index contributed by atoms with van der Waals surface area (Å²) in [6, 6.07) is 0. The number of aromatic nitrogens is 2. The first-order chi connectivity index (χ1) is 15.8. The highest BCUT2D eigenvalue weighted by atomic mass is 32.2. The molecule has 4 rings (SSSR count). The van der Waals surface area contributed by atoms with Gasteiger partial charge in [-0.2, -0.15) is 0 Å². The molecular weight excluding hydrogens is 482 g/mol. The van der Waals surface area contributed by atoms with Crippen LogP contribution in [0.1, 0.15) is 55.2 Å². The van der Waals surface area contributed by atoms with Gasteiger partial charge < -0.3 is 14.8 Å².